The number of hydrogen-bond donors (Lipinski definition) is 2. The average molecular weight is 479 g/mol. The molecule has 35 heavy (non-hydrogen) atoms. The van der Waals surface area contributed by atoms with E-state index in [0.717, 1.165) is 45.6 Å². The maximum atomic E-state index is 11.7. The van der Waals surface area contributed by atoms with Crippen LogP contribution in [0.5, 0.6) is 0 Å². The summed E-state index contributed by atoms with van der Waals surface area (Å²) in [6, 6.07) is 7.36. The number of unbranched alkanes of at least 4 members (excludes halogenated alkanes) is 4. The van der Waals surface area contributed by atoms with Gasteiger partial charge in [-0.15, -0.1) is 6.58 Å². The number of benzene rings is 1. The van der Waals surface area contributed by atoms with E-state index in [0.29, 0.717) is 6.42 Å². The number of aryl methyl sites for hydroxylation is 1. The van der Waals surface area contributed by atoms with Gasteiger partial charge in [-0.2, -0.15) is 0 Å². The summed E-state index contributed by atoms with van der Waals surface area (Å²) in [7, 11) is 1.70. The minimum absolute atomic E-state index is 0.106. The molecule has 0 spiro atoms. The van der Waals surface area contributed by atoms with Crippen LogP contribution < -0.4 is 10.6 Å². The van der Waals surface area contributed by atoms with Crippen LogP contribution in [-0.4, -0.2) is 55.8 Å². The molecule has 1 amide bonds. The summed E-state index contributed by atoms with van der Waals surface area (Å²) >= 11 is 0. The average Bonchev–Trinajstić information content (AvgIpc) is 3.19. The molecule has 0 aliphatic carbocycles. The first-order chi connectivity index (χ1) is 17.0. The van der Waals surface area contributed by atoms with E-state index in [1.807, 2.05) is 6.08 Å². The Labute approximate surface area is 213 Å². The summed E-state index contributed by atoms with van der Waals surface area (Å²) in [6.07, 6.45) is 12.1. The zero-order chi connectivity index (χ0) is 25.0. The Morgan fingerprint density at radius 3 is 2.71 bits per heavy atom. The molecule has 2 heterocycles. The maximum absolute atomic E-state index is 11.7. The highest BCUT2D eigenvalue weighted by Gasteiger charge is 2.22. The molecule has 192 valence electrons. The van der Waals surface area contributed by atoms with Crippen molar-refractivity contribution in [2.75, 3.05) is 33.2 Å². The predicted octanol–water partition coefficient (Wildman–Crippen LogP) is 5.00. The van der Waals surface area contributed by atoms with Crippen LogP contribution in [0.3, 0.4) is 0 Å². The van der Waals surface area contributed by atoms with E-state index >= 15 is 0 Å². The van der Waals surface area contributed by atoms with Crippen LogP contribution in [0.1, 0.15) is 75.5 Å². The highest BCUT2D eigenvalue weighted by molar-refractivity contribution is 6.01. The van der Waals surface area contributed by atoms with Crippen molar-refractivity contribution in [1.82, 2.24) is 15.5 Å². The number of nitrogens with zero attached hydrogens (tertiary/aromatic N) is 2. The van der Waals surface area contributed by atoms with Crippen LogP contribution in [0.2, 0.25) is 0 Å². The lowest BCUT2D eigenvalue weighted by atomic mass is 9.94. The molecule has 0 bridgehead atoms. The van der Waals surface area contributed by atoms with E-state index in [-0.39, 0.29) is 11.9 Å². The van der Waals surface area contributed by atoms with Crippen LogP contribution in [0, 0.1) is 0 Å². The summed E-state index contributed by atoms with van der Waals surface area (Å²) in [6.45, 7) is 13.3. The molecule has 0 radical (unpaired) electrons. The molecule has 0 fully saturated rings. The van der Waals surface area contributed by atoms with Crippen molar-refractivity contribution in [3.8, 4) is 0 Å². The first-order valence-electron chi connectivity index (χ1n) is 13.6. The van der Waals surface area contributed by atoms with Crippen molar-refractivity contribution in [3.63, 3.8) is 0 Å². The Morgan fingerprint density at radius 1 is 1.17 bits per heavy atom. The van der Waals surface area contributed by atoms with Gasteiger partial charge in [0.15, 0.2) is 0 Å². The molecular weight excluding hydrogens is 432 g/mol. The molecule has 0 saturated carbocycles. The quantitative estimate of drug-likeness (QED) is 0.276. The van der Waals surface area contributed by atoms with Crippen molar-refractivity contribution in [2.45, 2.75) is 84.2 Å². The third kappa shape index (κ3) is 8.43. The largest absolute Gasteiger partial charge is 0.359 e. The number of carbonyl (C=O) groups excluding carboxylic acids is 1. The second kappa shape index (κ2) is 14.4. The van der Waals surface area contributed by atoms with E-state index < -0.39 is 0 Å². The van der Waals surface area contributed by atoms with Gasteiger partial charge in [0, 0.05) is 44.9 Å². The van der Waals surface area contributed by atoms with Crippen molar-refractivity contribution in [3.05, 3.63) is 58.7 Å². The number of aliphatic imine (C=N–C) groups is 1. The molecule has 1 aromatic carbocycles. The fourth-order valence-electron chi connectivity index (χ4n) is 5.26. The van der Waals surface area contributed by atoms with Gasteiger partial charge in [0.25, 0.3) is 0 Å². The minimum atomic E-state index is 0.106. The fraction of sp³-hybridized carbons (Fsp3) is 0.600. The van der Waals surface area contributed by atoms with Gasteiger partial charge in [0.1, 0.15) is 0 Å². The first kappa shape index (κ1) is 27.3. The van der Waals surface area contributed by atoms with Gasteiger partial charge in [-0.3, -0.25) is 14.7 Å². The van der Waals surface area contributed by atoms with Crippen LogP contribution in [0.15, 0.2) is 47.0 Å². The Hall–Kier alpha value is -2.24. The second-order valence-electron chi connectivity index (χ2n) is 10.2. The van der Waals surface area contributed by atoms with Gasteiger partial charge in [-0.05, 0) is 80.3 Å². The topological polar surface area (TPSA) is 56.7 Å². The molecule has 5 heteroatoms. The van der Waals surface area contributed by atoms with Crippen LogP contribution in [0.4, 0.5) is 0 Å². The van der Waals surface area contributed by atoms with Crippen LogP contribution >= 0.6 is 0 Å². The highest BCUT2D eigenvalue weighted by atomic mass is 16.1. The van der Waals surface area contributed by atoms with E-state index in [1.54, 1.807) is 7.05 Å². The summed E-state index contributed by atoms with van der Waals surface area (Å²) in [5, 5.41) is 6.32. The third-order valence-corrected chi connectivity index (χ3v) is 7.63. The number of rotatable bonds is 15. The first-order valence-corrected chi connectivity index (χ1v) is 13.6. The Balaban J connectivity index is 1.32. The summed E-state index contributed by atoms with van der Waals surface area (Å²) in [5.41, 5.74) is 8.46. The zero-order valence-corrected chi connectivity index (χ0v) is 22.3. The number of fused-ring (bicyclic) bond motifs is 1. The molecule has 0 aromatic heterocycles. The monoisotopic (exact) mass is 478 g/mol. The van der Waals surface area contributed by atoms with Crippen molar-refractivity contribution in [1.29, 1.82) is 0 Å². The summed E-state index contributed by atoms with van der Waals surface area (Å²) in [5.74, 6) is 0.106. The van der Waals surface area contributed by atoms with E-state index in [9.17, 15) is 4.79 Å². The minimum Gasteiger partial charge on any atom is -0.359 e. The lowest BCUT2D eigenvalue weighted by molar-refractivity contribution is -0.120. The van der Waals surface area contributed by atoms with E-state index in [4.69, 9.17) is 0 Å². The molecule has 5 nitrogen and oxygen atoms in total. The van der Waals surface area contributed by atoms with Crippen molar-refractivity contribution in [2.24, 2.45) is 4.99 Å². The lowest BCUT2D eigenvalue weighted by Crippen LogP contribution is -2.38. The van der Waals surface area contributed by atoms with Crippen LogP contribution in [0.25, 0.3) is 0 Å². The molecule has 1 atom stereocenters. The van der Waals surface area contributed by atoms with Crippen molar-refractivity contribution >= 4 is 11.6 Å². The number of hydrogen-bond acceptors (Lipinski definition) is 4. The molecule has 0 saturated heterocycles. The maximum Gasteiger partial charge on any atom is 0.219 e. The highest BCUT2D eigenvalue weighted by Crippen LogP contribution is 2.24. The molecule has 1 aromatic rings. The molecule has 1 unspecified atom stereocenters. The number of nitrogens with one attached hydrogen (secondary N) is 2. The zero-order valence-electron chi connectivity index (χ0n) is 22.3. The molecule has 3 rings (SSSR count). The molecule has 2 N–H and O–H groups in total. The fourth-order valence-corrected chi connectivity index (χ4v) is 5.26. The number of amides is 1. The van der Waals surface area contributed by atoms with Gasteiger partial charge in [0.2, 0.25) is 5.91 Å². The van der Waals surface area contributed by atoms with Gasteiger partial charge in [-0.25, -0.2) is 0 Å². The van der Waals surface area contributed by atoms with E-state index in [2.05, 4.69) is 59.2 Å². The Morgan fingerprint density at radius 2 is 1.97 bits per heavy atom. The number of carbonyl (C=O) groups is 1. The lowest BCUT2D eigenvalue weighted by Gasteiger charge is -2.34. The van der Waals surface area contributed by atoms with Gasteiger partial charge >= 0.3 is 0 Å². The predicted molar refractivity (Wildman–Crippen MR) is 148 cm³/mol. The van der Waals surface area contributed by atoms with Gasteiger partial charge < -0.3 is 10.6 Å². The normalized spacial score (nSPS) is 16.7. The van der Waals surface area contributed by atoms with E-state index in [1.165, 1.54) is 72.1 Å². The van der Waals surface area contributed by atoms with Gasteiger partial charge in [0.05, 0.1) is 6.54 Å². The third-order valence-electron chi connectivity index (χ3n) is 7.63. The smallest absolute Gasteiger partial charge is 0.219 e. The van der Waals surface area contributed by atoms with Crippen molar-refractivity contribution < 1.29 is 4.79 Å². The van der Waals surface area contributed by atoms with Gasteiger partial charge in [-0.1, -0.05) is 43.5 Å². The Kier molecular flexibility index (Phi) is 11.2. The Bertz CT molecular complexity index is 917. The second-order valence-corrected chi connectivity index (χ2v) is 10.2. The summed E-state index contributed by atoms with van der Waals surface area (Å²) < 4.78 is 0. The molecule has 2 aliphatic rings. The van der Waals surface area contributed by atoms with Crippen LogP contribution in [-0.2, 0) is 24.2 Å². The molecular formula is C30H46N4O. The standard InChI is InChI=1S/C30H46N4O/c1-5-28(14-15-30(35)31-4)34-18-16-26-13-12-25(19-27(26)22-34)11-9-7-6-8-10-17-32-21-29-23(2)20-33-24(29)3/h5,12-13,19,28,32H,1,6-11,14-18,20-22H2,2-4H3,(H,31,35). The summed E-state index contributed by atoms with van der Waals surface area (Å²) in [4.78, 5) is 18.7. The molecule has 2 aliphatic heterocycles. The SMILES string of the molecule is C=CC(CCC(=O)NC)N1CCc2ccc(CCCCCCCNCC3=C(C)CN=C3C)cc2C1.